The number of rotatable bonds is 2. The third-order valence-electron chi connectivity index (χ3n) is 3.86. The molecule has 22 heavy (non-hydrogen) atoms. The average Bonchev–Trinajstić information content (AvgIpc) is 3.00. The smallest absolute Gasteiger partial charge is 0.349 e. The summed E-state index contributed by atoms with van der Waals surface area (Å²) in [5.74, 6) is -3.62. The van der Waals surface area contributed by atoms with Crippen molar-refractivity contribution in [3.63, 3.8) is 0 Å². The molecule has 0 bridgehead atoms. The summed E-state index contributed by atoms with van der Waals surface area (Å²) in [4.78, 5) is 13.0. The van der Waals surface area contributed by atoms with Crippen LogP contribution < -0.4 is 14.4 Å². The molecule has 1 saturated heterocycles. The number of alkyl halides is 2. The highest BCUT2D eigenvalue weighted by Gasteiger charge is 2.64. The fourth-order valence-corrected chi connectivity index (χ4v) is 2.79. The van der Waals surface area contributed by atoms with Crippen LogP contribution in [0.1, 0.15) is 11.6 Å². The van der Waals surface area contributed by atoms with Crippen LogP contribution in [0, 0.1) is 0 Å². The largest absolute Gasteiger partial charge is 0.454 e. The lowest BCUT2D eigenvalue weighted by atomic mass is 9.89. The zero-order valence-corrected chi connectivity index (χ0v) is 11.3. The summed E-state index contributed by atoms with van der Waals surface area (Å²) < 4.78 is 38.5. The average molecular weight is 303 g/mol. The molecule has 0 aliphatic carbocycles. The zero-order valence-electron chi connectivity index (χ0n) is 11.3. The molecular formula is C16H11F2NO3. The predicted molar refractivity (Wildman–Crippen MR) is 74.2 cm³/mol. The molecule has 1 atom stereocenters. The van der Waals surface area contributed by atoms with E-state index in [1.807, 2.05) is 0 Å². The minimum atomic E-state index is -3.41. The van der Waals surface area contributed by atoms with Crippen LogP contribution in [0.4, 0.5) is 14.5 Å². The third kappa shape index (κ3) is 1.70. The van der Waals surface area contributed by atoms with Gasteiger partial charge in [0.1, 0.15) is 6.04 Å². The topological polar surface area (TPSA) is 38.8 Å². The van der Waals surface area contributed by atoms with E-state index in [1.54, 1.807) is 48.5 Å². The van der Waals surface area contributed by atoms with E-state index in [-0.39, 0.29) is 6.79 Å². The monoisotopic (exact) mass is 303 g/mol. The first-order chi connectivity index (χ1) is 10.6. The number of fused-ring (bicyclic) bond motifs is 1. The van der Waals surface area contributed by atoms with Crippen LogP contribution in [0.15, 0.2) is 48.5 Å². The van der Waals surface area contributed by atoms with E-state index in [0.717, 1.165) is 4.90 Å². The Bertz CT molecular complexity index is 748. The van der Waals surface area contributed by atoms with Gasteiger partial charge in [-0.3, -0.25) is 9.69 Å². The first kappa shape index (κ1) is 13.1. The lowest BCUT2D eigenvalue weighted by Crippen LogP contribution is -2.64. The SMILES string of the molecule is O=C1N(c2ccc3c(c2)OCO3)C(c2ccccc2)C1(F)F. The van der Waals surface area contributed by atoms with Gasteiger partial charge in [0.2, 0.25) is 6.79 Å². The molecule has 0 radical (unpaired) electrons. The normalized spacial score (nSPS) is 21.6. The number of ether oxygens (including phenoxy) is 2. The zero-order chi connectivity index (χ0) is 15.3. The van der Waals surface area contributed by atoms with Gasteiger partial charge in [-0.15, -0.1) is 0 Å². The van der Waals surface area contributed by atoms with Crippen molar-refractivity contribution >= 4 is 11.6 Å². The molecular weight excluding hydrogens is 292 g/mol. The molecule has 1 unspecified atom stereocenters. The predicted octanol–water partition coefficient (Wildman–Crippen LogP) is 3.14. The summed E-state index contributed by atoms with van der Waals surface area (Å²) in [6, 6.07) is 11.7. The number of hydrogen-bond acceptors (Lipinski definition) is 3. The van der Waals surface area contributed by atoms with Gasteiger partial charge in [-0.05, 0) is 17.7 Å². The van der Waals surface area contributed by atoms with Crippen LogP contribution >= 0.6 is 0 Å². The Morgan fingerprint density at radius 2 is 1.77 bits per heavy atom. The van der Waals surface area contributed by atoms with Gasteiger partial charge >= 0.3 is 11.8 Å². The Labute approximate surface area is 124 Å². The maximum Gasteiger partial charge on any atom is 0.349 e. The van der Waals surface area contributed by atoms with Gasteiger partial charge in [-0.25, -0.2) is 0 Å². The standard InChI is InChI=1S/C16H11F2NO3/c17-16(18)14(10-4-2-1-3-5-10)19(15(16)20)11-6-7-12-13(8-11)22-9-21-12/h1-8,14H,9H2. The minimum Gasteiger partial charge on any atom is -0.454 e. The summed E-state index contributed by atoms with van der Waals surface area (Å²) in [6.07, 6.45) is 0. The van der Waals surface area contributed by atoms with E-state index in [9.17, 15) is 13.6 Å². The minimum absolute atomic E-state index is 0.0883. The number of hydrogen-bond donors (Lipinski definition) is 0. The van der Waals surface area contributed by atoms with Gasteiger partial charge in [0.25, 0.3) is 0 Å². The number of β-lactam (4-membered cyclic amide) rings is 1. The Hall–Kier alpha value is -2.63. The van der Waals surface area contributed by atoms with Crippen molar-refractivity contribution in [1.29, 1.82) is 0 Å². The number of carbonyl (C=O) groups is 1. The molecule has 2 aliphatic heterocycles. The quantitative estimate of drug-likeness (QED) is 0.800. The highest BCUT2D eigenvalue weighted by Crippen LogP contribution is 2.50. The summed E-state index contributed by atoms with van der Waals surface area (Å²) >= 11 is 0. The molecule has 0 saturated carbocycles. The van der Waals surface area contributed by atoms with Crippen molar-refractivity contribution in [3.8, 4) is 11.5 Å². The second-order valence-corrected chi connectivity index (χ2v) is 5.15. The van der Waals surface area contributed by atoms with Crippen molar-refractivity contribution in [2.24, 2.45) is 0 Å². The summed E-state index contributed by atoms with van der Waals surface area (Å²) in [5.41, 5.74) is 0.763. The molecule has 112 valence electrons. The van der Waals surface area contributed by atoms with E-state index < -0.39 is 17.9 Å². The highest BCUT2D eigenvalue weighted by atomic mass is 19.3. The van der Waals surface area contributed by atoms with Crippen LogP contribution in [-0.2, 0) is 4.79 Å². The fourth-order valence-electron chi connectivity index (χ4n) is 2.79. The van der Waals surface area contributed by atoms with Gasteiger partial charge in [0, 0.05) is 11.8 Å². The molecule has 0 N–H and O–H groups in total. The number of nitrogens with zero attached hydrogens (tertiary/aromatic N) is 1. The number of anilines is 1. The Kier molecular flexibility index (Phi) is 2.63. The number of benzene rings is 2. The van der Waals surface area contributed by atoms with Crippen LogP contribution in [0.2, 0.25) is 0 Å². The Balaban J connectivity index is 1.75. The third-order valence-corrected chi connectivity index (χ3v) is 3.86. The molecule has 1 fully saturated rings. The maximum atomic E-state index is 14.0. The van der Waals surface area contributed by atoms with Crippen molar-refractivity contribution in [2.45, 2.75) is 12.0 Å². The van der Waals surface area contributed by atoms with Gasteiger partial charge in [0.05, 0.1) is 0 Å². The molecule has 0 spiro atoms. The van der Waals surface area contributed by atoms with E-state index >= 15 is 0 Å². The van der Waals surface area contributed by atoms with Crippen molar-refractivity contribution < 1.29 is 23.0 Å². The van der Waals surface area contributed by atoms with Crippen molar-refractivity contribution in [3.05, 3.63) is 54.1 Å². The summed E-state index contributed by atoms with van der Waals surface area (Å²) in [7, 11) is 0. The molecule has 2 aliphatic rings. The molecule has 2 aromatic carbocycles. The second-order valence-electron chi connectivity index (χ2n) is 5.15. The van der Waals surface area contributed by atoms with Crippen LogP contribution in [0.5, 0.6) is 11.5 Å². The van der Waals surface area contributed by atoms with Gasteiger partial charge < -0.3 is 9.47 Å². The molecule has 2 aromatic rings. The summed E-state index contributed by atoms with van der Waals surface area (Å²) in [6.45, 7) is 0.0883. The lowest BCUT2D eigenvalue weighted by molar-refractivity contribution is -0.162. The molecule has 6 heteroatoms. The molecule has 0 aromatic heterocycles. The Morgan fingerprint density at radius 3 is 2.55 bits per heavy atom. The number of amides is 1. The second kappa shape index (κ2) is 4.43. The first-order valence-electron chi connectivity index (χ1n) is 6.75. The molecule has 1 amide bonds. The highest BCUT2D eigenvalue weighted by molar-refractivity contribution is 6.07. The van der Waals surface area contributed by atoms with E-state index in [1.165, 1.54) is 0 Å². The van der Waals surface area contributed by atoms with Crippen molar-refractivity contribution in [1.82, 2.24) is 0 Å². The lowest BCUT2D eigenvalue weighted by Gasteiger charge is -2.46. The van der Waals surface area contributed by atoms with Gasteiger partial charge in [0.15, 0.2) is 11.5 Å². The van der Waals surface area contributed by atoms with Crippen LogP contribution in [0.25, 0.3) is 0 Å². The van der Waals surface area contributed by atoms with E-state index in [0.29, 0.717) is 22.7 Å². The first-order valence-corrected chi connectivity index (χ1v) is 6.75. The van der Waals surface area contributed by atoms with E-state index in [4.69, 9.17) is 9.47 Å². The molecule has 4 nitrogen and oxygen atoms in total. The van der Waals surface area contributed by atoms with E-state index in [2.05, 4.69) is 0 Å². The maximum absolute atomic E-state index is 14.0. The molecule has 4 rings (SSSR count). The number of halogens is 2. The van der Waals surface area contributed by atoms with Crippen LogP contribution in [-0.4, -0.2) is 18.6 Å². The number of carbonyl (C=O) groups excluding carboxylic acids is 1. The Morgan fingerprint density at radius 1 is 1.05 bits per heavy atom. The van der Waals surface area contributed by atoms with Gasteiger partial charge in [-0.2, -0.15) is 8.78 Å². The van der Waals surface area contributed by atoms with Gasteiger partial charge in [-0.1, -0.05) is 30.3 Å². The van der Waals surface area contributed by atoms with Crippen molar-refractivity contribution in [2.75, 3.05) is 11.7 Å². The van der Waals surface area contributed by atoms with Crippen LogP contribution in [0.3, 0.4) is 0 Å². The summed E-state index contributed by atoms with van der Waals surface area (Å²) in [5, 5.41) is 0. The fraction of sp³-hybridized carbons (Fsp3) is 0.188. The molecule has 2 heterocycles.